The normalized spacial score (nSPS) is 23.5. The van der Waals surface area contributed by atoms with Crippen LogP contribution in [-0.2, 0) is 4.79 Å². The van der Waals surface area contributed by atoms with Crippen LogP contribution in [0.1, 0.15) is 31.7 Å². The van der Waals surface area contributed by atoms with Crippen LogP contribution in [0.2, 0.25) is 0 Å². The van der Waals surface area contributed by atoms with E-state index in [0.717, 1.165) is 49.7 Å². The van der Waals surface area contributed by atoms with Crippen molar-refractivity contribution in [2.75, 3.05) is 29.4 Å². The molecule has 2 saturated heterocycles. The first-order valence-corrected chi connectivity index (χ1v) is 8.12. The molecule has 0 unspecified atom stereocenters. The van der Waals surface area contributed by atoms with Gasteiger partial charge in [0.15, 0.2) is 0 Å². The second-order valence-electron chi connectivity index (χ2n) is 6.61. The van der Waals surface area contributed by atoms with E-state index in [-0.39, 0.29) is 12.3 Å². The number of carboxylic acids is 1. The van der Waals surface area contributed by atoms with E-state index >= 15 is 0 Å². The Morgan fingerprint density at radius 1 is 1.48 bits per heavy atom. The molecule has 3 rings (SSSR count). The van der Waals surface area contributed by atoms with Crippen LogP contribution in [-0.4, -0.2) is 41.7 Å². The lowest BCUT2D eigenvalue weighted by atomic mass is 10.0. The van der Waals surface area contributed by atoms with E-state index in [0.29, 0.717) is 11.7 Å². The number of hydrogen-bond donors (Lipinski definition) is 1. The minimum atomic E-state index is -0.737. The second-order valence-corrected chi connectivity index (χ2v) is 6.61. The first kappa shape index (κ1) is 15.6. The molecule has 2 aliphatic rings. The summed E-state index contributed by atoms with van der Waals surface area (Å²) in [4.78, 5) is 23.7. The number of anilines is 2. The first-order valence-electron chi connectivity index (χ1n) is 8.12. The SMILES string of the molecule is [C-]#[N+]c1c(C)cc(N2CC[C@@H](CC(=O)O)C2)nc1N1CC[C@H]1C. The number of aliphatic carboxylic acids is 1. The molecule has 1 aromatic heterocycles. The number of nitrogens with zero attached hydrogens (tertiary/aromatic N) is 4. The third kappa shape index (κ3) is 2.96. The minimum absolute atomic E-state index is 0.182. The zero-order chi connectivity index (χ0) is 16.6. The average Bonchev–Trinajstić information content (AvgIpc) is 2.93. The monoisotopic (exact) mass is 314 g/mol. The third-order valence-electron chi connectivity index (χ3n) is 4.93. The maximum absolute atomic E-state index is 10.9. The molecule has 0 aromatic carbocycles. The predicted octanol–water partition coefficient (Wildman–Crippen LogP) is 2.84. The fourth-order valence-electron chi connectivity index (χ4n) is 3.42. The van der Waals surface area contributed by atoms with Crippen molar-refractivity contribution in [2.45, 2.75) is 39.2 Å². The lowest BCUT2D eigenvalue weighted by Crippen LogP contribution is -2.46. The van der Waals surface area contributed by atoms with Gasteiger partial charge in [-0.1, -0.05) is 0 Å². The van der Waals surface area contributed by atoms with Crippen LogP contribution in [0.3, 0.4) is 0 Å². The number of aromatic nitrogens is 1. The summed E-state index contributed by atoms with van der Waals surface area (Å²) >= 11 is 0. The van der Waals surface area contributed by atoms with Gasteiger partial charge in [0, 0.05) is 32.1 Å². The van der Waals surface area contributed by atoms with Gasteiger partial charge in [0.05, 0.1) is 6.57 Å². The van der Waals surface area contributed by atoms with Gasteiger partial charge in [-0.05, 0) is 44.2 Å². The van der Waals surface area contributed by atoms with Crippen molar-refractivity contribution in [1.29, 1.82) is 0 Å². The van der Waals surface area contributed by atoms with Crippen LogP contribution < -0.4 is 9.80 Å². The third-order valence-corrected chi connectivity index (χ3v) is 4.93. The van der Waals surface area contributed by atoms with Gasteiger partial charge in [0.2, 0.25) is 5.69 Å². The molecule has 3 heterocycles. The summed E-state index contributed by atoms with van der Waals surface area (Å²) in [5.74, 6) is 1.10. The molecule has 2 atom stereocenters. The van der Waals surface area contributed by atoms with Crippen LogP contribution in [0.5, 0.6) is 0 Å². The van der Waals surface area contributed by atoms with Crippen molar-refractivity contribution < 1.29 is 9.90 Å². The molecule has 2 aliphatic heterocycles. The molecule has 6 nitrogen and oxygen atoms in total. The van der Waals surface area contributed by atoms with E-state index in [4.69, 9.17) is 16.7 Å². The van der Waals surface area contributed by atoms with E-state index in [1.165, 1.54) is 0 Å². The zero-order valence-corrected chi connectivity index (χ0v) is 13.6. The van der Waals surface area contributed by atoms with Gasteiger partial charge in [0.25, 0.3) is 0 Å². The van der Waals surface area contributed by atoms with E-state index in [1.54, 1.807) is 0 Å². The predicted molar refractivity (Wildman–Crippen MR) is 89.2 cm³/mol. The molecule has 23 heavy (non-hydrogen) atoms. The Kier molecular flexibility index (Phi) is 4.12. The molecular formula is C17H22N4O2. The molecule has 0 saturated carbocycles. The Balaban J connectivity index is 1.86. The van der Waals surface area contributed by atoms with Crippen molar-refractivity contribution in [1.82, 2.24) is 4.98 Å². The average molecular weight is 314 g/mol. The summed E-state index contributed by atoms with van der Waals surface area (Å²) in [5, 5.41) is 8.95. The molecule has 0 amide bonds. The van der Waals surface area contributed by atoms with Gasteiger partial charge in [-0.3, -0.25) is 4.79 Å². The minimum Gasteiger partial charge on any atom is -0.481 e. The standard InChI is InChI=1S/C17H22N4O2/c1-11-8-14(20-6-5-13(10-20)9-15(22)23)19-17(16(11)18-3)21-7-4-12(21)2/h8,12-13H,4-7,9-10H2,1-2H3,(H,22,23)/t12-,13+/m1/s1. The number of carboxylic acid groups (broad SMARTS) is 1. The summed E-state index contributed by atoms with van der Waals surface area (Å²) < 4.78 is 0. The highest BCUT2D eigenvalue weighted by Crippen LogP contribution is 2.38. The van der Waals surface area contributed by atoms with Crippen LogP contribution >= 0.6 is 0 Å². The quantitative estimate of drug-likeness (QED) is 0.866. The lowest BCUT2D eigenvalue weighted by Gasteiger charge is -2.41. The molecule has 0 bridgehead atoms. The van der Waals surface area contributed by atoms with E-state index in [9.17, 15) is 4.79 Å². The largest absolute Gasteiger partial charge is 0.481 e. The highest BCUT2D eigenvalue weighted by Gasteiger charge is 2.30. The first-order chi connectivity index (χ1) is 11.0. The fraction of sp³-hybridized carbons (Fsp3) is 0.588. The maximum Gasteiger partial charge on any atom is 0.303 e. The topological polar surface area (TPSA) is 61.0 Å². The van der Waals surface area contributed by atoms with E-state index in [2.05, 4.69) is 21.6 Å². The summed E-state index contributed by atoms with van der Waals surface area (Å²) in [7, 11) is 0. The van der Waals surface area contributed by atoms with E-state index < -0.39 is 5.97 Å². The maximum atomic E-state index is 10.9. The van der Waals surface area contributed by atoms with Crippen LogP contribution in [0.15, 0.2) is 6.07 Å². The fourth-order valence-corrected chi connectivity index (χ4v) is 3.42. The molecule has 1 aromatic rings. The van der Waals surface area contributed by atoms with Crippen molar-refractivity contribution in [3.8, 4) is 0 Å². The van der Waals surface area contributed by atoms with Gasteiger partial charge in [-0.25, -0.2) is 9.83 Å². The zero-order valence-electron chi connectivity index (χ0n) is 13.6. The van der Waals surface area contributed by atoms with Gasteiger partial charge in [-0.2, -0.15) is 0 Å². The summed E-state index contributed by atoms with van der Waals surface area (Å²) in [6.07, 6.45) is 2.23. The number of hydrogen-bond acceptors (Lipinski definition) is 4. The Hall–Kier alpha value is -2.29. The van der Waals surface area contributed by atoms with E-state index in [1.807, 2.05) is 13.0 Å². The molecule has 0 spiro atoms. The molecular weight excluding hydrogens is 292 g/mol. The molecule has 0 radical (unpaired) electrons. The smallest absolute Gasteiger partial charge is 0.303 e. The molecule has 1 N–H and O–H groups in total. The molecule has 2 fully saturated rings. The Bertz CT molecular complexity index is 667. The van der Waals surface area contributed by atoms with Crippen molar-refractivity contribution in [2.24, 2.45) is 5.92 Å². The molecule has 122 valence electrons. The summed E-state index contributed by atoms with van der Waals surface area (Å²) in [6, 6.07) is 2.39. The number of pyridine rings is 1. The molecule has 6 heteroatoms. The van der Waals surface area contributed by atoms with Gasteiger partial charge >= 0.3 is 5.97 Å². The number of rotatable bonds is 4. The Labute approximate surface area is 136 Å². The van der Waals surface area contributed by atoms with Crippen LogP contribution in [0, 0.1) is 19.4 Å². The van der Waals surface area contributed by atoms with Crippen molar-refractivity contribution >= 4 is 23.3 Å². The van der Waals surface area contributed by atoms with Crippen molar-refractivity contribution in [3.05, 3.63) is 23.0 Å². The van der Waals surface area contributed by atoms with Crippen LogP contribution in [0.25, 0.3) is 4.85 Å². The van der Waals surface area contributed by atoms with Gasteiger partial charge in [0.1, 0.15) is 11.6 Å². The lowest BCUT2D eigenvalue weighted by molar-refractivity contribution is -0.137. The van der Waals surface area contributed by atoms with Crippen LogP contribution in [0.4, 0.5) is 17.3 Å². The highest BCUT2D eigenvalue weighted by atomic mass is 16.4. The summed E-state index contributed by atoms with van der Waals surface area (Å²) in [5.41, 5.74) is 1.59. The summed E-state index contributed by atoms with van der Waals surface area (Å²) in [6.45, 7) is 14.1. The van der Waals surface area contributed by atoms with Gasteiger partial charge in [-0.15, -0.1) is 0 Å². The Morgan fingerprint density at radius 3 is 2.83 bits per heavy atom. The number of aryl methyl sites for hydroxylation is 1. The Morgan fingerprint density at radius 2 is 2.26 bits per heavy atom. The van der Waals surface area contributed by atoms with Gasteiger partial charge < -0.3 is 14.9 Å². The van der Waals surface area contributed by atoms with Crippen molar-refractivity contribution in [3.63, 3.8) is 0 Å². The number of carbonyl (C=O) groups is 1. The highest BCUT2D eigenvalue weighted by molar-refractivity contribution is 5.74. The second kappa shape index (κ2) is 6.07. The molecule has 0 aliphatic carbocycles.